The summed E-state index contributed by atoms with van der Waals surface area (Å²) in [5.41, 5.74) is 0. The number of unbranched alkanes of at least 4 members (excludes halogenated alkanes) is 50. The molecular weight excluding hydrogens is 1390 g/mol. The summed E-state index contributed by atoms with van der Waals surface area (Å²) in [7, 11) is -9.93. The number of aliphatic hydroxyl groups is 1. The number of phosphoric ester groups is 2. The Balaban J connectivity index is 5.16. The highest BCUT2D eigenvalue weighted by Crippen LogP contribution is 2.45. The lowest BCUT2D eigenvalue weighted by atomic mass is 9.99. The second-order valence-corrected chi connectivity index (χ2v) is 36.2. The predicted octanol–water partition coefficient (Wildman–Crippen LogP) is 26.7. The van der Waals surface area contributed by atoms with E-state index in [-0.39, 0.29) is 25.7 Å². The maximum absolute atomic E-state index is 13.1. The summed E-state index contributed by atoms with van der Waals surface area (Å²) < 4.78 is 68.9. The first-order valence-electron chi connectivity index (χ1n) is 45.2. The van der Waals surface area contributed by atoms with Gasteiger partial charge in [-0.2, -0.15) is 0 Å². The summed E-state index contributed by atoms with van der Waals surface area (Å²) in [4.78, 5) is 73.2. The Labute approximate surface area is 658 Å². The second-order valence-electron chi connectivity index (χ2n) is 33.3. The number of esters is 4. The smallest absolute Gasteiger partial charge is 0.462 e. The molecule has 19 heteroatoms. The van der Waals surface area contributed by atoms with Crippen LogP contribution in [0.4, 0.5) is 0 Å². The van der Waals surface area contributed by atoms with E-state index in [0.717, 1.165) is 114 Å². The highest BCUT2D eigenvalue weighted by molar-refractivity contribution is 7.47. The molecule has 636 valence electrons. The van der Waals surface area contributed by atoms with Crippen molar-refractivity contribution in [3.63, 3.8) is 0 Å². The van der Waals surface area contributed by atoms with Crippen LogP contribution >= 0.6 is 15.6 Å². The van der Waals surface area contributed by atoms with E-state index >= 15 is 0 Å². The van der Waals surface area contributed by atoms with Crippen molar-refractivity contribution in [3.05, 3.63) is 0 Å². The maximum Gasteiger partial charge on any atom is 0.472 e. The number of hydrogen-bond donors (Lipinski definition) is 3. The molecule has 0 radical (unpaired) electrons. The minimum absolute atomic E-state index is 0.107. The van der Waals surface area contributed by atoms with Crippen molar-refractivity contribution in [3.8, 4) is 0 Å². The third kappa shape index (κ3) is 80.5. The molecule has 0 fully saturated rings. The van der Waals surface area contributed by atoms with Gasteiger partial charge in [0.05, 0.1) is 26.4 Å². The molecule has 0 aliphatic heterocycles. The van der Waals surface area contributed by atoms with Gasteiger partial charge < -0.3 is 33.8 Å². The summed E-state index contributed by atoms with van der Waals surface area (Å²) in [6.07, 6.45) is 66.9. The molecule has 4 unspecified atom stereocenters. The first-order valence-corrected chi connectivity index (χ1v) is 48.2. The molecule has 0 saturated heterocycles. The predicted molar refractivity (Wildman–Crippen MR) is 441 cm³/mol. The molecule has 0 saturated carbocycles. The Hall–Kier alpha value is -1.94. The fraction of sp³-hybridized carbons (Fsp3) is 0.955. The highest BCUT2D eigenvalue weighted by Gasteiger charge is 2.31. The topological polar surface area (TPSA) is 237 Å². The van der Waals surface area contributed by atoms with Crippen molar-refractivity contribution in [1.82, 2.24) is 0 Å². The quantitative estimate of drug-likeness (QED) is 0.0222. The zero-order valence-corrected chi connectivity index (χ0v) is 72.6. The zero-order valence-electron chi connectivity index (χ0n) is 70.8. The van der Waals surface area contributed by atoms with Crippen molar-refractivity contribution in [2.75, 3.05) is 39.6 Å². The Bertz CT molecular complexity index is 2080. The average Bonchev–Trinajstić information content (AvgIpc) is 0.899. The van der Waals surface area contributed by atoms with Crippen LogP contribution in [0.1, 0.15) is 460 Å². The molecule has 0 aliphatic rings. The van der Waals surface area contributed by atoms with Crippen LogP contribution in [0.2, 0.25) is 0 Å². The van der Waals surface area contributed by atoms with E-state index in [1.165, 1.54) is 257 Å². The van der Waals surface area contributed by atoms with Crippen molar-refractivity contribution >= 4 is 39.5 Å². The molecule has 0 amide bonds. The van der Waals surface area contributed by atoms with E-state index in [0.29, 0.717) is 31.6 Å². The molecule has 0 aromatic heterocycles. The second kappa shape index (κ2) is 76.7. The van der Waals surface area contributed by atoms with E-state index < -0.39 is 97.5 Å². The SMILES string of the molecule is CCC(C)CCCCCCCCCCCCCCCCCCCCC(=O)OC[C@H](COP(=O)(O)OCC(O)COP(=O)(O)OC[C@@H](COC(=O)CCCCCCCCC(C)C)OC(=O)CCCCCCCCCCCCCCCCCCCCC(C)C)OC(=O)CCCCCCCCCCCCCCC(C)C. The third-order valence-electron chi connectivity index (χ3n) is 20.9. The molecule has 0 spiro atoms. The van der Waals surface area contributed by atoms with Crippen LogP contribution in [0.15, 0.2) is 0 Å². The van der Waals surface area contributed by atoms with Crippen molar-refractivity contribution in [1.29, 1.82) is 0 Å². The minimum atomic E-state index is -4.97. The summed E-state index contributed by atoms with van der Waals surface area (Å²) in [6, 6.07) is 0. The number of rotatable bonds is 85. The summed E-state index contributed by atoms with van der Waals surface area (Å²) in [5, 5.41) is 10.7. The van der Waals surface area contributed by atoms with Gasteiger partial charge in [-0.05, 0) is 49.4 Å². The lowest BCUT2D eigenvalue weighted by Crippen LogP contribution is -2.30. The van der Waals surface area contributed by atoms with Gasteiger partial charge in [-0.15, -0.1) is 0 Å². The van der Waals surface area contributed by atoms with E-state index in [1.807, 2.05) is 0 Å². The molecule has 17 nitrogen and oxygen atoms in total. The molecule has 6 atom stereocenters. The van der Waals surface area contributed by atoms with Crippen LogP contribution in [0.5, 0.6) is 0 Å². The molecule has 0 aromatic carbocycles. The highest BCUT2D eigenvalue weighted by atomic mass is 31.2. The number of hydrogen-bond acceptors (Lipinski definition) is 15. The van der Waals surface area contributed by atoms with Crippen LogP contribution in [-0.2, 0) is 65.4 Å². The molecule has 0 aromatic rings. The molecule has 0 aliphatic carbocycles. The number of aliphatic hydroxyl groups excluding tert-OH is 1. The minimum Gasteiger partial charge on any atom is -0.462 e. The lowest BCUT2D eigenvalue weighted by molar-refractivity contribution is -0.161. The molecule has 0 rings (SSSR count). The van der Waals surface area contributed by atoms with Gasteiger partial charge in [-0.3, -0.25) is 37.3 Å². The average molecular weight is 1560 g/mol. The molecule has 0 heterocycles. The fourth-order valence-electron chi connectivity index (χ4n) is 13.6. The largest absolute Gasteiger partial charge is 0.472 e. The van der Waals surface area contributed by atoms with Crippen LogP contribution in [0.3, 0.4) is 0 Å². The lowest BCUT2D eigenvalue weighted by Gasteiger charge is -2.21. The molecule has 107 heavy (non-hydrogen) atoms. The summed E-state index contributed by atoms with van der Waals surface area (Å²) in [5.74, 6) is 1.04. The normalized spacial score (nSPS) is 14.1. The van der Waals surface area contributed by atoms with Gasteiger partial charge in [0.15, 0.2) is 12.2 Å². The Morgan fingerprint density at radius 1 is 0.262 bits per heavy atom. The van der Waals surface area contributed by atoms with Gasteiger partial charge in [0.2, 0.25) is 0 Å². The third-order valence-corrected chi connectivity index (χ3v) is 22.8. The van der Waals surface area contributed by atoms with Crippen LogP contribution in [-0.4, -0.2) is 96.7 Å². The number of carbonyl (C=O) groups is 4. The van der Waals surface area contributed by atoms with E-state index in [4.69, 9.17) is 37.0 Å². The zero-order chi connectivity index (χ0) is 78.8. The molecule has 0 bridgehead atoms. The van der Waals surface area contributed by atoms with Gasteiger partial charge in [0, 0.05) is 25.7 Å². The number of phosphoric acid groups is 2. The van der Waals surface area contributed by atoms with Gasteiger partial charge >= 0.3 is 39.5 Å². The number of carbonyl (C=O) groups excluding carboxylic acids is 4. The van der Waals surface area contributed by atoms with Crippen LogP contribution in [0, 0.1) is 23.7 Å². The van der Waals surface area contributed by atoms with Gasteiger partial charge in [0.25, 0.3) is 0 Å². The number of ether oxygens (including phenoxy) is 4. The van der Waals surface area contributed by atoms with Gasteiger partial charge in [-0.25, -0.2) is 9.13 Å². The van der Waals surface area contributed by atoms with Crippen LogP contribution < -0.4 is 0 Å². The monoisotopic (exact) mass is 1560 g/mol. The molecular formula is C88H172O17P2. The van der Waals surface area contributed by atoms with Crippen molar-refractivity contribution in [2.45, 2.75) is 478 Å². The van der Waals surface area contributed by atoms with E-state index in [2.05, 4.69) is 55.4 Å². The van der Waals surface area contributed by atoms with Crippen molar-refractivity contribution < 1.29 is 80.2 Å². The Kier molecular flexibility index (Phi) is 75.3. The Morgan fingerprint density at radius 2 is 0.449 bits per heavy atom. The first-order chi connectivity index (χ1) is 51.6. The summed E-state index contributed by atoms with van der Waals surface area (Å²) in [6.45, 7) is 14.3. The van der Waals surface area contributed by atoms with Gasteiger partial charge in [-0.1, -0.05) is 409 Å². The molecule has 3 N–H and O–H groups in total. The maximum atomic E-state index is 13.1. The Morgan fingerprint density at radius 3 is 0.664 bits per heavy atom. The standard InChI is InChI=1S/C88H172O17P2/c1-9-81(8)67-59-51-42-36-30-23-19-15-11-13-16-20-24-31-37-43-52-60-68-85(90)98-74-83(104-87(92)71-63-55-45-39-33-27-26-29-35-41-49-57-65-79(4)5)76-102-106(94,95)100-72-82(89)73-101-107(96,97)103-77-84(75-99-86(91)69-61-53-47-46-50-58-66-80(6)7)105-88(93)70-62-54-44-38-32-25-21-17-12-10-14-18-22-28-34-40-48-56-64-78(2)3/h78-84,89H,9-77H2,1-8H3,(H,94,95)(H,96,97)/t81?,82?,83-,84-/m1/s1. The first kappa shape index (κ1) is 105. The van der Waals surface area contributed by atoms with E-state index in [1.54, 1.807) is 0 Å². The summed E-state index contributed by atoms with van der Waals surface area (Å²) >= 11 is 0. The fourth-order valence-corrected chi connectivity index (χ4v) is 15.2. The van der Waals surface area contributed by atoms with E-state index in [9.17, 15) is 43.2 Å². The van der Waals surface area contributed by atoms with Crippen LogP contribution in [0.25, 0.3) is 0 Å². The van der Waals surface area contributed by atoms with Crippen molar-refractivity contribution in [2.24, 2.45) is 23.7 Å². The van der Waals surface area contributed by atoms with Gasteiger partial charge in [0.1, 0.15) is 19.3 Å².